The van der Waals surface area contributed by atoms with E-state index in [9.17, 15) is 48.0 Å². The van der Waals surface area contributed by atoms with Crippen molar-refractivity contribution in [2.75, 3.05) is 24.7 Å². The van der Waals surface area contributed by atoms with Crippen molar-refractivity contribution in [3.05, 3.63) is 59.7 Å². The molecule has 2 rings (SSSR count). The molecule has 0 aliphatic rings. The average Bonchev–Trinajstić information content (AvgIpc) is 2.94. The van der Waals surface area contributed by atoms with Gasteiger partial charge in [-0.1, -0.05) is 24.2 Å². The molecule has 0 radical (unpaired) electrons. The van der Waals surface area contributed by atoms with Crippen LogP contribution in [0, 0.1) is 0 Å². The van der Waals surface area contributed by atoms with E-state index in [1.807, 2.05) is 0 Å². The van der Waals surface area contributed by atoms with Crippen LogP contribution < -0.4 is 9.47 Å². The van der Waals surface area contributed by atoms with Crippen molar-refractivity contribution in [1.82, 2.24) is 0 Å². The number of carbonyl (C=O) groups is 1. The molecule has 262 valence electrons. The zero-order valence-corrected chi connectivity index (χ0v) is 26.6. The fourth-order valence-electron chi connectivity index (χ4n) is 3.45. The number of hydrogen-bond acceptors (Lipinski definition) is 12. The highest BCUT2D eigenvalue weighted by molar-refractivity contribution is 7.86. The predicted octanol–water partition coefficient (Wildman–Crippen LogP) is 5.12. The summed E-state index contributed by atoms with van der Waals surface area (Å²) < 4.78 is 152. The van der Waals surface area contributed by atoms with Crippen LogP contribution in [0.2, 0.25) is 0 Å². The quantitative estimate of drug-likeness (QED) is 0.0930. The number of ether oxygens (including phenoxy) is 3. The van der Waals surface area contributed by atoms with E-state index >= 15 is 0 Å². The van der Waals surface area contributed by atoms with E-state index in [1.54, 1.807) is 0 Å². The van der Waals surface area contributed by atoms with Crippen molar-refractivity contribution in [3.8, 4) is 11.5 Å². The minimum atomic E-state index is -5.07. The van der Waals surface area contributed by atoms with E-state index in [-0.39, 0.29) is 37.6 Å². The molecule has 2 aromatic rings. The SMILES string of the molecule is CCCS(=O)(=O)O/N=C(/c1ccc(OCC(COc2ccc(/C(=N/OS(=O)(=O)CCC)C(F)(F)F)cc2)OC(C)=O)cc1)C(F)(F)F. The van der Waals surface area contributed by atoms with E-state index in [4.69, 9.17) is 14.2 Å². The van der Waals surface area contributed by atoms with E-state index in [0.29, 0.717) is 0 Å². The maximum Gasteiger partial charge on any atom is 0.437 e. The van der Waals surface area contributed by atoms with Crippen LogP contribution in [0.5, 0.6) is 11.5 Å². The molecule has 0 atom stereocenters. The molecule has 0 saturated heterocycles. The van der Waals surface area contributed by atoms with E-state index < -0.39 is 78.7 Å². The van der Waals surface area contributed by atoms with Gasteiger partial charge in [0.05, 0.1) is 11.5 Å². The van der Waals surface area contributed by atoms with Gasteiger partial charge in [0, 0.05) is 18.1 Å². The molecule has 0 spiro atoms. The first-order chi connectivity index (χ1) is 21.8. The number of oxime groups is 2. The van der Waals surface area contributed by atoms with Crippen LogP contribution in [0.1, 0.15) is 44.7 Å². The van der Waals surface area contributed by atoms with Crippen molar-refractivity contribution in [3.63, 3.8) is 0 Å². The average molecular weight is 721 g/mol. The van der Waals surface area contributed by atoms with Gasteiger partial charge in [-0.25, -0.2) is 0 Å². The molecule has 20 heteroatoms. The van der Waals surface area contributed by atoms with Gasteiger partial charge in [-0.15, -0.1) is 0 Å². The second kappa shape index (κ2) is 16.7. The molecule has 0 aliphatic carbocycles. The number of carbonyl (C=O) groups excluding carboxylic acids is 1. The highest BCUT2D eigenvalue weighted by Gasteiger charge is 2.39. The van der Waals surface area contributed by atoms with Crippen LogP contribution in [0.3, 0.4) is 0 Å². The third-order valence-electron chi connectivity index (χ3n) is 5.39. The highest BCUT2D eigenvalue weighted by Crippen LogP contribution is 2.26. The summed E-state index contributed by atoms with van der Waals surface area (Å²) in [6, 6.07) is 8.21. The van der Waals surface area contributed by atoms with Gasteiger partial charge in [0.25, 0.3) is 0 Å². The summed E-state index contributed by atoms with van der Waals surface area (Å²) in [6.45, 7) is 3.31. The summed E-state index contributed by atoms with van der Waals surface area (Å²) in [5, 5.41) is 5.59. The molecule has 12 nitrogen and oxygen atoms in total. The summed E-state index contributed by atoms with van der Waals surface area (Å²) >= 11 is 0. The van der Waals surface area contributed by atoms with Crippen LogP contribution >= 0.6 is 0 Å². The topological polar surface area (TPSA) is 156 Å². The lowest BCUT2D eigenvalue weighted by molar-refractivity contribution is -0.149. The number of halogens is 6. The van der Waals surface area contributed by atoms with Crippen LogP contribution in [0.4, 0.5) is 26.3 Å². The fraction of sp³-hybridized carbons (Fsp3) is 0.444. The monoisotopic (exact) mass is 720 g/mol. The molecular formula is C27H30F6N2O10S2. The fourth-order valence-corrected chi connectivity index (χ4v) is 4.97. The molecule has 0 aromatic heterocycles. The second-order valence-corrected chi connectivity index (χ2v) is 12.8. The summed E-state index contributed by atoms with van der Waals surface area (Å²) in [5.74, 6) is -1.80. The Labute approximate surface area is 266 Å². The lowest BCUT2D eigenvalue weighted by atomic mass is 10.1. The number of benzene rings is 2. The minimum Gasteiger partial charge on any atom is -0.490 e. The van der Waals surface area contributed by atoms with Crippen molar-refractivity contribution in [2.45, 2.75) is 52.1 Å². The normalized spacial score (nSPS) is 13.3. The third-order valence-corrected chi connectivity index (χ3v) is 7.81. The van der Waals surface area contributed by atoms with Crippen molar-refractivity contribution >= 4 is 37.6 Å². The maximum atomic E-state index is 13.5. The summed E-state index contributed by atoms with van der Waals surface area (Å²) in [4.78, 5) is 11.6. The molecule has 0 saturated carbocycles. The molecule has 2 aromatic carbocycles. The Bertz CT molecular complexity index is 1500. The Morgan fingerprint density at radius 2 is 1.02 bits per heavy atom. The zero-order valence-electron chi connectivity index (χ0n) is 25.0. The van der Waals surface area contributed by atoms with E-state index in [1.165, 1.54) is 13.8 Å². The smallest absolute Gasteiger partial charge is 0.437 e. The maximum absolute atomic E-state index is 13.5. The van der Waals surface area contributed by atoms with Gasteiger partial charge >= 0.3 is 38.6 Å². The number of hydrogen-bond donors (Lipinski definition) is 0. The number of esters is 1. The van der Waals surface area contributed by atoms with Gasteiger partial charge in [-0.3, -0.25) is 13.4 Å². The first-order valence-corrected chi connectivity index (χ1v) is 16.7. The molecule has 0 N–H and O–H groups in total. The zero-order chi connectivity index (χ0) is 35.5. The van der Waals surface area contributed by atoms with Crippen molar-refractivity contribution < 1.29 is 70.8 Å². The Kier molecular flexibility index (Phi) is 13.9. The molecule has 0 unspecified atom stereocenters. The summed E-state index contributed by atoms with van der Waals surface area (Å²) in [6.07, 6.45) is -11.0. The first kappa shape index (κ1) is 39.1. The Morgan fingerprint density at radius 1 is 0.681 bits per heavy atom. The van der Waals surface area contributed by atoms with Crippen LogP contribution in [-0.2, 0) is 38.3 Å². The lowest BCUT2D eigenvalue weighted by Crippen LogP contribution is -2.30. The molecule has 47 heavy (non-hydrogen) atoms. The van der Waals surface area contributed by atoms with E-state index in [2.05, 4.69) is 18.9 Å². The standard InChI is InChI=1S/C27H30F6N2O10S2/c1-4-14-46(37,38)44-34-24(26(28,29)30)19-6-10-21(11-7-19)41-16-23(43-18(3)36)17-42-22-12-8-20(9-13-22)25(27(31,32)33)35-45-47(39,40)15-5-2/h6-13,23H,4-5,14-17H2,1-3H3/b34-24-,35-25-. The van der Waals surface area contributed by atoms with Gasteiger partial charge in [-0.05, 0) is 61.4 Å². The van der Waals surface area contributed by atoms with Crippen LogP contribution in [0.15, 0.2) is 58.8 Å². The van der Waals surface area contributed by atoms with Gasteiger partial charge in [0.2, 0.25) is 0 Å². The number of nitrogens with zero attached hydrogens (tertiary/aromatic N) is 2. The lowest BCUT2D eigenvalue weighted by Gasteiger charge is -2.19. The summed E-state index contributed by atoms with van der Waals surface area (Å²) in [5.41, 5.74) is -4.28. The number of rotatable bonds is 17. The van der Waals surface area contributed by atoms with Crippen LogP contribution in [0.25, 0.3) is 0 Å². The van der Waals surface area contributed by atoms with Gasteiger partial charge in [-0.2, -0.15) is 43.2 Å². The molecule has 0 amide bonds. The second-order valence-electron chi connectivity index (χ2n) is 9.45. The Hall–Kier alpha value is -4.07. The van der Waals surface area contributed by atoms with Crippen molar-refractivity contribution in [2.24, 2.45) is 10.3 Å². The Balaban J connectivity index is 2.12. The number of alkyl halides is 6. The van der Waals surface area contributed by atoms with Gasteiger partial charge in [0.15, 0.2) is 17.5 Å². The van der Waals surface area contributed by atoms with Gasteiger partial charge < -0.3 is 14.2 Å². The minimum absolute atomic E-state index is 0.0124. The molecule has 0 fully saturated rings. The van der Waals surface area contributed by atoms with Gasteiger partial charge in [0.1, 0.15) is 24.7 Å². The van der Waals surface area contributed by atoms with Crippen molar-refractivity contribution in [1.29, 1.82) is 0 Å². The third kappa shape index (κ3) is 13.7. The molecule has 0 bridgehead atoms. The Morgan fingerprint density at radius 3 is 1.30 bits per heavy atom. The summed E-state index contributed by atoms with van der Waals surface area (Å²) in [7, 11) is -8.64. The molecule has 0 aliphatic heterocycles. The largest absolute Gasteiger partial charge is 0.490 e. The molecule has 0 heterocycles. The molecular weight excluding hydrogens is 690 g/mol. The highest BCUT2D eigenvalue weighted by atomic mass is 32.2. The first-order valence-electron chi connectivity index (χ1n) is 13.5. The predicted molar refractivity (Wildman–Crippen MR) is 155 cm³/mol. The van der Waals surface area contributed by atoms with Crippen LogP contribution in [-0.4, -0.2) is 77.4 Å². The van der Waals surface area contributed by atoms with E-state index in [0.717, 1.165) is 55.5 Å².